The largest absolute Gasteiger partial charge is 0.461 e. The van der Waals surface area contributed by atoms with Crippen LogP contribution < -0.4 is 5.73 Å². The molecule has 1 rings (SSSR count). The maximum absolute atomic E-state index is 10.9. The quantitative estimate of drug-likeness (QED) is 0.432. The summed E-state index contributed by atoms with van der Waals surface area (Å²) in [6.07, 6.45) is 1.55. The van der Waals surface area contributed by atoms with Gasteiger partial charge in [0.15, 0.2) is 0 Å². The Hall–Kier alpha value is -1.58. The molecule has 0 saturated heterocycles. The minimum absolute atomic E-state index is 0.371. The summed E-state index contributed by atoms with van der Waals surface area (Å²) >= 11 is 0. The van der Waals surface area contributed by atoms with Gasteiger partial charge in [0.1, 0.15) is 5.69 Å². The van der Waals surface area contributed by atoms with E-state index in [1.54, 1.807) is 13.1 Å². The van der Waals surface area contributed by atoms with Crippen molar-refractivity contribution in [1.82, 2.24) is 4.98 Å². The van der Waals surface area contributed by atoms with Gasteiger partial charge in [0.25, 0.3) is 0 Å². The second-order valence-electron chi connectivity index (χ2n) is 2.51. The zero-order valence-corrected chi connectivity index (χ0v) is 9.19. The average Bonchev–Trinajstić information content (AvgIpc) is 2.49. The number of anilines is 1. The van der Waals surface area contributed by atoms with Crippen LogP contribution in [0.1, 0.15) is 17.4 Å². The normalized spacial score (nSPS) is 10.2. The van der Waals surface area contributed by atoms with Crippen LogP contribution in [0.2, 0.25) is 0 Å². The number of ether oxygens (including phenoxy) is 1. The number of aromatic amines is 1. The number of carbonyl (C=O) groups is 1. The zero-order chi connectivity index (χ0) is 12.8. The number of nitrogens with two attached hydrogens (primary N) is 1. The lowest BCUT2D eigenvalue weighted by molar-refractivity contribution is 0.0520. The van der Waals surface area contributed by atoms with Gasteiger partial charge in [0.2, 0.25) is 0 Å². The maximum Gasteiger partial charge on any atom is 0.394 e. The Kier molecular flexibility index (Phi) is 5.50. The molecule has 0 aliphatic rings. The lowest BCUT2D eigenvalue weighted by atomic mass is 10.4. The fourth-order valence-electron chi connectivity index (χ4n) is 0.738. The van der Waals surface area contributed by atoms with E-state index >= 15 is 0 Å². The number of esters is 1. The fraction of sp³-hybridized carbons (Fsp3) is 0.286. The summed E-state index contributed by atoms with van der Waals surface area (Å²) < 4.78 is 36.3. The molecule has 0 spiro atoms. The Balaban J connectivity index is 0.000000385. The van der Waals surface area contributed by atoms with E-state index in [0.717, 1.165) is 0 Å². The number of nitrogens with one attached hydrogen (secondary N) is 1. The van der Waals surface area contributed by atoms with Crippen LogP contribution in [-0.4, -0.2) is 35.1 Å². The molecule has 0 radical (unpaired) electrons. The van der Waals surface area contributed by atoms with E-state index in [1.807, 2.05) is 0 Å². The number of aromatic nitrogens is 1. The second-order valence-corrected chi connectivity index (χ2v) is 3.41. The van der Waals surface area contributed by atoms with Crippen molar-refractivity contribution in [3.8, 4) is 0 Å². The van der Waals surface area contributed by atoms with Crippen LogP contribution in [0.3, 0.4) is 0 Å². The van der Waals surface area contributed by atoms with Crippen molar-refractivity contribution in [2.75, 3.05) is 12.3 Å². The Morgan fingerprint density at radius 3 is 2.38 bits per heavy atom. The third-order valence-electron chi connectivity index (χ3n) is 1.20. The topological polar surface area (TPSA) is 143 Å². The van der Waals surface area contributed by atoms with Crippen LogP contribution in [0.5, 0.6) is 0 Å². The predicted octanol–water partition coefficient (Wildman–Crippen LogP) is 0.121. The summed E-state index contributed by atoms with van der Waals surface area (Å²) in [6.45, 7) is 2.13. The monoisotopic (exact) mass is 252 g/mol. The Morgan fingerprint density at radius 1 is 1.56 bits per heavy atom. The van der Waals surface area contributed by atoms with Gasteiger partial charge >= 0.3 is 16.4 Å². The molecule has 1 heterocycles. The number of H-pyrrole nitrogens is 1. The summed E-state index contributed by atoms with van der Waals surface area (Å²) in [5.41, 5.74) is 6.30. The third kappa shape index (κ3) is 7.79. The van der Waals surface area contributed by atoms with Crippen LogP contribution in [0.15, 0.2) is 12.3 Å². The lowest BCUT2D eigenvalue weighted by Gasteiger charge is -1.96. The van der Waals surface area contributed by atoms with Crippen LogP contribution >= 0.6 is 0 Å². The van der Waals surface area contributed by atoms with E-state index in [2.05, 4.69) is 4.98 Å². The molecule has 9 heteroatoms. The highest BCUT2D eigenvalue weighted by Crippen LogP contribution is 2.05. The van der Waals surface area contributed by atoms with Crippen molar-refractivity contribution in [3.05, 3.63) is 18.0 Å². The van der Waals surface area contributed by atoms with Crippen molar-refractivity contribution in [1.29, 1.82) is 0 Å². The molecule has 0 aliphatic carbocycles. The van der Waals surface area contributed by atoms with Gasteiger partial charge in [-0.25, -0.2) is 4.79 Å². The molecule has 0 atom stereocenters. The first kappa shape index (κ1) is 14.4. The maximum atomic E-state index is 10.9. The highest BCUT2D eigenvalue weighted by Gasteiger charge is 2.06. The molecular weight excluding hydrogens is 240 g/mol. The predicted molar refractivity (Wildman–Crippen MR) is 55.3 cm³/mol. The summed E-state index contributed by atoms with van der Waals surface area (Å²) in [5.74, 6) is -0.371. The first-order chi connectivity index (χ1) is 7.24. The Morgan fingerprint density at radius 2 is 2.06 bits per heavy atom. The Labute approximate surface area is 92.0 Å². The molecular formula is C7H12N2O6S. The summed E-state index contributed by atoms with van der Waals surface area (Å²) in [5, 5.41) is 0. The number of rotatable bonds is 2. The molecule has 0 unspecified atom stereocenters. The minimum atomic E-state index is -4.67. The van der Waals surface area contributed by atoms with Crippen molar-refractivity contribution >= 4 is 22.1 Å². The van der Waals surface area contributed by atoms with E-state index in [1.165, 1.54) is 6.07 Å². The smallest absolute Gasteiger partial charge is 0.394 e. The molecule has 1 aromatic rings. The molecule has 16 heavy (non-hydrogen) atoms. The molecule has 0 saturated carbocycles. The first-order valence-corrected chi connectivity index (χ1v) is 5.44. The van der Waals surface area contributed by atoms with E-state index in [0.29, 0.717) is 18.0 Å². The van der Waals surface area contributed by atoms with Gasteiger partial charge < -0.3 is 15.5 Å². The summed E-state index contributed by atoms with van der Waals surface area (Å²) in [6, 6.07) is 1.54. The molecule has 1 aromatic heterocycles. The van der Waals surface area contributed by atoms with Gasteiger partial charge in [0, 0.05) is 6.20 Å². The second kappa shape index (κ2) is 6.10. The fourth-order valence-corrected chi connectivity index (χ4v) is 0.738. The van der Waals surface area contributed by atoms with Gasteiger partial charge in [-0.15, -0.1) is 0 Å². The summed E-state index contributed by atoms with van der Waals surface area (Å²) in [7, 11) is -4.67. The molecule has 0 aliphatic heterocycles. The first-order valence-electron chi connectivity index (χ1n) is 4.05. The van der Waals surface area contributed by atoms with Crippen molar-refractivity contribution < 1.29 is 27.1 Å². The Bertz CT molecular complexity index is 429. The van der Waals surface area contributed by atoms with Gasteiger partial charge in [-0.3, -0.25) is 9.11 Å². The third-order valence-corrected chi connectivity index (χ3v) is 1.20. The van der Waals surface area contributed by atoms with E-state index in [-0.39, 0.29) is 5.97 Å². The van der Waals surface area contributed by atoms with Crippen molar-refractivity contribution in [2.24, 2.45) is 0 Å². The SMILES string of the molecule is CCOC(=O)c1cc(N)c[nH]1.O=S(=O)(O)O. The number of nitrogen functional groups attached to an aromatic ring is 1. The van der Waals surface area contributed by atoms with Crippen molar-refractivity contribution in [2.45, 2.75) is 6.92 Å². The number of carbonyl (C=O) groups excluding carboxylic acids is 1. The van der Waals surface area contributed by atoms with E-state index < -0.39 is 10.4 Å². The molecule has 0 aromatic carbocycles. The van der Waals surface area contributed by atoms with Crippen LogP contribution in [0, 0.1) is 0 Å². The zero-order valence-electron chi connectivity index (χ0n) is 8.37. The minimum Gasteiger partial charge on any atom is -0.461 e. The molecule has 92 valence electrons. The lowest BCUT2D eigenvalue weighted by Crippen LogP contribution is -2.04. The number of hydrogen-bond acceptors (Lipinski definition) is 5. The highest BCUT2D eigenvalue weighted by molar-refractivity contribution is 7.79. The summed E-state index contributed by atoms with van der Waals surface area (Å²) in [4.78, 5) is 13.6. The van der Waals surface area contributed by atoms with Crippen LogP contribution in [-0.2, 0) is 15.1 Å². The molecule has 5 N–H and O–H groups in total. The van der Waals surface area contributed by atoms with E-state index in [4.69, 9.17) is 28.0 Å². The molecule has 0 fully saturated rings. The highest BCUT2D eigenvalue weighted by atomic mass is 32.3. The standard InChI is InChI=1S/C7H10N2O2.H2O4S/c1-2-11-7(10)6-3-5(8)4-9-6;1-5(2,3)4/h3-4,9H,2,8H2,1H3;(H2,1,2,3,4). The van der Waals surface area contributed by atoms with Gasteiger partial charge in [-0.1, -0.05) is 0 Å². The number of hydrogen-bond donors (Lipinski definition) is 4. The van der Waals surface area contributed by atoms with Crippen LogP contribution in [0.4, 0.5) is 5.69 Å². The average molecular weight is 252 g/mol. The van der Waals surface area contributed by atoms with Crippen molar-refractivity contribution in [3.63, 3.8) is 0 Å². The molecule has 8 nitrogen and oxygen atoms in total. The van der Waals surface area contributed by atoms with Gasteiger partial charge in [-0.2, -0.15) is 8.42 Å². The molecule has 0 bridgehead atoms. The van der Waals surface area contributed by atoms with Gasteiger partial charge in [0.05, 0.1) is 12.3 Å². The van der Waals surface area contributed by atoms with Gasteiger partial charge in [-0.05, 0) is 13.0 Å². The van der Waals surface area contributed by atoms with Crippen LogP contribution in [0.25, 0.3) is 0 Å². The molecule has 0 amide bonds. The van der Waals surface area contributed by atoms with E-state index in [9.17, 15) is 4.79 Å².